The van der Waals surface area contributed by atoms with Crippen molar-refractivity contribution in [1.82, 2.24) is 14.5 Å². The van der Waals surface area contributed by atoms with Gasteiger partial charge in [-0.3, -0.25) is 4.57 Å². The standard InChI is InChI=1S/C45H31N3/c1-45(2)37-18-10-8-16-33(37)34-23-20-31(27-38(34)45)30-22-24-40-36(26-30)42-32-15-7-6-12-28(32)21-25-41(42)48(40)44-46-39-19-11-9-17-35(39)43(47-44)29-13-4-3-5-14-29/h3-27H,1-2H3. The van der Waals surface area contributed by atoms with E-state index in [9.17, 15) is 0 Å². The summed E-state index contributed by atoms with van der Waals surface area (Å²) < 4.78 is 2.25. The van der Waals surface area contributed by atoms with Crippen LogP contribution in [0.2, 0.25) is 0 Å². The second-order valence-corrected chi connectivity index (χ2v) is 13.4. The molecule has 3 nitrogen and oxygen atoms in total. The summed E-state index contributed by atoms with van der Waals surface area (Å²) in [7, 11) is 0. The lowest BCUT2D eigenvalue weighted by molar-refractivity contribution is 0.660. The van der Waals surface area contributed by atoms with Crippen molar-refractivity contribution < 1.29 is 0 Å². The maximum Gasteiger partial charge on any atom is 0.235 e. The van der Waals surface area contributed by atoms with Crippen LogP contribution >= 0.6 is 0 Å². The molecular formula is C45H31N3. The van der Waals surface area contributed by atoms with Gasteiger partial charge in [0.1, 0.15) is 0 Å². The average molecular weight is 614 g/mol. The van der Waals surface area contributed by atoms with Crippen LogP contribution in [0.3, 0.4) is 0 Å². The molecule has 7 aromatic carbocycles. The van der Waals surface area contributed by atoms with Crippen molar-refractivity contribution >= 4 is 43.5 Å². The lowest BCUT2D eigenvalue weighted by Gasteiger charge is -2.22. The Bertz CT molecular complexity index is 2750. The summed E-state index contributed by atoms with van der Waals surface area (Å²) in [5, 5.41) is 5.90. The molecule has 48 heavy (non-hydrogen) atoms. The highest BCUT2D eigenvalue weighted by molar-refractivity contribution is 6.21. The van der Waals surface area contributed by atoms with E-state index in [1.807, 2.05) is 6.07 Å². The van der Waals surface area contributed by atoms with Crippen LogP contribution in [0, 0.1) is 0 Å². The van der Waals surface area contributed by atoms with Crippen molar-refractivity contribution in [3.05, 3.63) is 163 Å². The van der Waals surface area contributed by atoms with Crippen molar-refractivity contribution in [3.63, 3.8) is 0 Å². The fourth-order valence-electron chi connectivity index (χ4n) is 8.05. The van der Waals surface area contributed by atoms with Gasteiger partial charge in [0.2, 0.25) is 5.95 Å². The molecule has 0 saturated carbocycles. The van der Waals surface area contributed by atoms with E-state index in [0.717, 1.165) is 33.2 Å². The van der Waals surface area contributed by atoms with Crippen LogP contribution in [0.25, 0.3) is 82.9 Å². The van der Waals surface area contributed by atoms with Crippen LogP contribution in [0.15, 0.2) is 152 Å². The molecule has 1 aliphatic rings. The molecule has 0 amide bonds. The number of nitrogens with zero attached hydrogens (tertiary/aromatic N) is 3. The number of hydrogen-bond acceptors (Lipinski definition) is 2. The van der Waals surface area contributed by atoms with E-state index >= 15 is 0 Å². The third kappa shape index (κ3) is 3.82. The molecule has 9 aromatic rings. The van der Waals surface area contributed by atoms with Gasteiger partial charge in [-0.2, -0.15) is 0 Å². The number of aromatic nitrogens is 3. The predicted octanol–water partition coefficient (Wildman–Crippen LogP) is 11.5. The maximum absolute atomic E-state index is 5.30. The van der Waals surface area contributed by atoms with E-state index in [0.29, 0.717) is 5.95 Å². The van der Waals surface area contributed by atoms with Crippen molar-refractivity contribution in [2.75, 3.05) is 0 Å². The van der Waals surface area contributed by atoms with Gasteiger partial charge in [0.05, 0.1) is 22.2 Å². The predicted molar refractivity (Wildman–Crippen MR) is 200 cm³/mol. The van der Waals surface area contributed by atoms with E-state index in [1.165, 1.54) is 54.9 Å². The molecule has 10 rings (SSSR count). The van der Waals surface area contributed by atoms with Crippen LogP contribution in [0.5, 0.6) is 0 Å². The quantitative estimate of drug-likeness (QED) is 0.198. The van der Waals surface area contributed by atoms with Gasteiger partial charge < -0.3 is 0 Å². The zero-order valence-corrected chi connectivity index (χ0v) is 26.8. The lowest BCUT2D eigenvalue weighted by atomic mass is 9.81. The third-order valence-electron chi connectivity index (χ3n) is 10.4. The highest BCUT2D eigenvalue weighted by Gasteiger charge is 2.35. The maximum atomic E-state index is 5.30. The van der Waals surface area contributed by atoms with Crippen molar-refractivity contribution in [2.45, 2.75) is 19.3 Å². The van der Waals surface area contributed by atoms with Gasteiger partial charge in [-0.1, -0.05) is 135 Å². The van der Waals surface area contributed by atoms with Gasteiger partial charge in [0.25, 0.3) is 0 Å². The molecule has 0 spiro atoms. The fourth-order valence-corrected chi connectivity index (χ4v) is 8.05. The van der Waals surface area contributed by atoms with Crippen molar-refractivity contribution in [2.24, 2.45) is 0 Å². The first-order valence-corrected chi connectivity index (χ1v) is 16.6. The first-order valence-electron chi connectivity index (χ1n) is 16.6. The summed E-state index contributed by atoms with van der Waals surface area (Å²) in [6, 6.07) is 54.6. The number of benzene rings is 7. The Morgan fingerprint density at radius 3 is 2.06 bits per heavy atom. The molecule has 2 aromatic heterocycles. The van der Waals surface area contributed by atoms with Gasteiger partial charge in [0, 0.05) is 27.1 Å². The molecular weight excluding hydrogens is 583 g/mol. The molecule has 226 valence electrons. The van der Waals surface area contributed by atoms with E-state index in [4.69, 9.17) is 9.97 Å². The average Bonchev–Trinajstić information content (AvgIpc) is 3.60. The Morgan fingerprint density at radius 2 is 1.17 bits per heavy atom. The van der Waals surface area contributed by atoms with Crippen molar-refractivity contribution in [1.29, 1.82) is 0 Å². The Kier molecular flexibility index (Phi) is 5.63. The van der Waals surface area contributed by atoms with Gasteiger partial charge in [0.15, 0.2) is 0 Å². The molecule has 0 radical (unpaired) electrons. The molecule has 0 aliphatic heterocycles. The number of fused-ring (bicyclic) bond motifs is 9. The molecule has 0 atom stereocenters. The molecule has 0 fully saturated rings. The van der Waals surface area contributed by atoms with Gasteiger partial charge in [-0.15, -0.1) is 0 Å². The minimum atomic E-state index is -0.0534. The smallest absolute Gasteiger partial charge is 0.235 e. The van der Waals surface area contributed by atoms with Gasteiger partial charge in [-0.25, -0.2) is 9.97 Å². The van der Waals surface area contributed by atoms with E-state index in [2.05, 4.69) is 164 Å². The molecule has 2 heterocycles. The summed E-state index contributed by atoms with van der Waals surface area (Å²) in [6.07, 6.45) is 0. The summed E-state index contributed by atoms with van der Waals surface area (Å²) >= 11 is 0. The summed E-state index contributed by atoms with van der Waals surface area (Å²) in [4.78, 5) is 10.5. The molecule has 0 bridgehead atoms. The molecule has 1 aliphatic carbocycles. The second-order valence-electron chi connectivity index (χ2n) is 13.4. The Labute approximate surface area is 278 Å². The van der Waals surface area contributed by atoms with E-state index in [1.54, 1.807) is 0 Å². The molecule has 0 unspecified atom stereocenters. The summed E-state index contributed by atoms with van der Waals surface area (Å²) in [5.74, 6) is 0.674. The Balaban J connectivity index is 1.24. The molecule has 3 heteroatoms. The zero-order valence-electron chi connectivity index (χ0n) is 26.8. The summed E-state index contributed by atoms with van der Waals surface area (Å²) in [5.41, 5.74) is 13.0. The SMILES string of the molecule is CC1(C)c2ccccc2-c2ccc(-c3ccc4c(c3)c3c5ccccc5ccc3n4-c3nc(-c4ccccc4)c4ccccc4n3)cc21. The van der Waals surface area contributed by atoms with Crippen LogP contribution in [0.4, 0.5) is 0 Å². The first-order chi connectivity index (χ1) is 23.6. The van der Waals surface area contributed by atoms with Crippen LogP contribution in [0.1, 0.15) is 25.0 Å². The number of rotatable bonds is 3. The van der Waals surface area contributed by atoms with Crippen LogP contribution in [-0.2, 0) is 5.41 Å². The van der Waals surface area contributed by atoms with E-state index < -0.39 is 0 Å². The highest BCUT2D eigenvalue weighted by atomic mass is 15.2. The second kappa shape index (κ2) is 9.97. The van der Waals surface area contributed by atoms with Crippen LogP contribution < -0.4 is 0 Å². The van der Waals surface area contributed by atoms with Gasteiger partial charge in [-0.05, 0) is 74.5 Å². The number of para-hydroxylation sites is 1. The Morgan fingerprint density at radius 1 is 0.479 bits per heavy atom. The number of hydrogen-bond donors (Lipinski definition) is 0. The normalized spacial score (nSPS) is 13.4. The Hall–Kier alpha value is -6.06. The lowest BCUT2D eigenvalue weighted by Crippen LogP contribution is -2.14. The highest BCUT2D eigenvalue weighted by Crippen LogP contribution is 2.50. The minimum absolute atomic E-state index is 0.0534. The third-order valence-corrected chi connectivity index (χ3v) is 10.4. The molecule has 0 saturated heterocycles. The van der Waals surface area contributed by atoms with Gasteiger partial charge >= 0.3 is 0 Å². The van der Waals surface area contributed by atoms with E-state index in [-0.39, 0.29) is 5.41 Å². The first kappa shape index (κ1) is 27.1. The topological polar surface area (TPSA) is 30.7 Å². The summed E-state index contributed by atoms with van der Waals surface area (Å²) in [6.45, 7) is 4.69. The molecule has 0 N–H and O–H groups in total. The van der Waals surface area contributed by atoms with Crippen molar-refractivity contribution in [3.8, 4) is 39.5 Å². The fraction of sp³-hybridized carbons (Fsp3) is 0.0667. The largest absolute Gasteiger partial charge is 0.278 e. The minimum Gasteiger partial charge on any atom is -0.278 e. The monoisotopic (exact) mass is 613 g/mol. The zero-order chi connectivity index (χ0) is 32.0. The van der Waals surface area contributed by atoms with Crippen LogP contribution in [-0.4, -0.2) is 14.5 Å².